The fourth-order valence-corrected chi connectivity index (χ4v) is 2.81. The van der Waals surface area contributed by atoms with E-state index in [1.54, 1.807) is 0 Å². The predicted molar refractivity (Wildman–Crippen MR) is 85.1 cm³/mol. The third-order valence-electron chi connectivity index (χ3n) is 3.89. The molecule has 1 aromatic carbocycles. The molecule has 0 bridgehead atoms. The van der Waals surface area contributed by atoms with Crippen molar-refractivity contribution in [2.75, 3.05) is 13.2 Å². The summed E-state index contributed by atoms with van der Waals surface area (Å²) in [6.45, 7) is 11.0. The van der Waals surface area contributed by atoms with Gasteiger partial charge in [-0.1, -0.05) is 18.2 Å². The Kier molecular flexibility index (Phi) is 4.51. The van der Waals surface area contributed by atoms with Gasteiger partial charge < -0.3 is 14.6 Å². The third kappa shape index (κ3) is 3.05. The molecular weight excluding hydrogens is 248 g/mol. The van der Waals surface area contributed by atoms with Crippen molar-refractivity contribution in [3.8, 4) is 0 Å². The van der Waals surface area contributed by atoms with Crippen molar-refractivity contribution in [2.45, 2.75) is 39.8 Å². The summed E-state index contributed by atoms with van der Waals surface area (Å²) < 4.78 is 8.00. The van der Waals surface area contributed by atoms with E-state index in [9.17, 15) is 0 Å². The minimum absolute atomic E-state index is 0.118. The van der Waals surface area contributed by atoms with Crippen LogP contribution in [0, 0.1) is 6.92 Å². The molecule has 0 unspecified atom stereocenters. The number of aryl methyl sites for hydroxylation is 2. The highest BCUT2D eigenvalue weighted by Crippen LogP contribution is 2.24. The lowest BCUT2D eigenvalue weighted by Gasteiger charge is -2.25. The van der Waals surface area contributed by atoms with Gasteiger partial charge in [-0.2, -0.15) is 0 Å². The second-order valence-electron chi connectivity index (χ2n) is 5.94. The summed E-state index contributed by atoms with van der Waals surface area (Å²) in [5.41, 5.74) is 3.89. The highest BCUT2D eigenvalue weighted by atomic mass is 16.5. The number of ether oxygens (including phenoxy) is 1. The molecule has 2 aromatic rings. The van der Waals surface area contributed by atoms with Crippen molar-refractivity contribution in [2.24, 2.45) is 7.05 Å². The van der Waals surface area contributed by atoms with E-state index in [1.807, 2.05) is 6.92 Å². The van der Waals surface area contributed by atoms with E-state index in [-0.39, 0.29) is 5.60 Å². The maximum absolute atomic E-state index is 5.72. The molecule has 1 aromatic heterocycles. The molecule has 1 heterocycles. The number of rotatable bonds is 6. The van der Waals surface area contributed by atoms with Crippen LogP contribution < -0.4 is 5.32 Å². The Morgan fingerprint density at radius 1 is 1.25 bits per heavy atom. The molecule has 0 radical (unpaired) electrons. The van der Waals surface area contributed by atoms with E-state index in [0.717, 1.165) is 19.7 Å². The van der Waals surface area contributed by atoms with Crippen LogP contribution >= 0.6 is 0 Å². The van der Waals surface area contributed by atoms with Crippen LogP contribution in [0.2, 0.25) is 0 Å². The Hall–Kier alpha value is -1.32. The molecule has 0 aliphatic rings. The van der Waals surface area contributed by atoms with Crippen LogP contribution in [0.25, 0.3) is 10.9 Å². The van der Waals surface area contributed by atoms with Gasteiger partial charge in [0.25, 0.3) is 0 Å². The first-order valence-corrected chi connectivity index (χ1v) is 7.34. The van der Waals surface area contributed by atoms with Gasteiger partial charge >= 0.3 is 0 Å². The quantitative estimate of drug-likeness (QED) is 0.874. The van der Waals surface area contributed by atoms with Crippen LogP contribution in [0.3, 0.4) is 0 Å². The molecule has 3 heteroatoms. The molecule has 0 aliphatic carbocycles. The molecule has 0 saturated heterocycles. The Balaban J connectivity index is 2.11. The van der Waals surface area contributed by atoms with Gasteiger partial charge in [0.1, 0.15) is 0 Å². The van der Waals surface area contributed by atoms with E-state index < -0.39 is 0 Å². The zero-order valence-electron chi connectivity index (χ0n) is 13.3. The molecule has 3 nitrogen and oxygen atoms in total. The van der Waals surface area contributed by atoms with Crippen molar-refractivity contribution in [3.05, 3.63) is 35.5 Å². The summed E-state index contributed by atoms with van der Waals surface area (Å²) in [5, 5.41) is 4.87. The van der Waals surface area contributed by atoms with Crippen molar-refractivity contribution in [1.29, 1.82) is 0 Å². The molecule has 2 rings (SSSR count). The fraction of sp³-hybridized carbons (Fsp3) is 0.529. The van der Waals surface area contributed by atoms with Crippen LogP contribution in [0.5, 0.6) is 0 Å². The number of benzene rings is 1. The normalized spacial score (nSPS) is 12.2. The summed E-state index contributed by atoms with van der Waals surface area (Å²) in [4.78, 5) is 0. The van der Waals surface area contributed by atoms with Crippen molar-refractivity contribution < 1.29 is 4.74 Å². The van der Waals surface area contributed by atoms with Gasteiger partial charge in [-0.25, -0.2) is 0 Å². The van der Waals surface area contributed by atoms with Gasteiger partial charge in [0, 0.05) is 43.3 Å². The maximum atomic E-state index is 5.72. The molecule has 1 N–H and O–H groups in total. The zero-order valence-corrected chi connectivity index (χ0v) is 13.3. The number of aromatic nitrogens is 1. The largest absolute Gasteiger partial charge is 0.375 e. The predicted octanol–water partition coefficient (Wildman–Crippen LogP) is 3.39. The molecule has 0 amide bonds. The number of nitrogens with one attached hydrogen (secondary N) is 1. The van der Waals surface area contributed by atoms with E-state index in [2.05, 4.69) is 62.0 Å². The lowest BCUT2D eigenvalue weighted by atomic mass is 10.1. The fourth-order valence-electron chi connectivity index (χ4n) is 2.81. The number of para-hydroxylation sites is 1. The first kappa shape index (κ1) is 15.1. The SMILES string of the molecule is CCOC(C)(C)CNCc1c(C)c2ccccc2n1C. The van der Waals surface area contributed by atoms with Gasteiger partial charge in [-0.15, -0.1) is 0 Å². The van der Waals surface area contributed by atoms with E-state index in [4.69, 9.17) is 4.74 Å². The minimum Gasteiger partial charge on any atom is -0.375 e. The van der Waals surface area contributed by atoms with Crippen molar-refractivity contribution in [1.82, 2.24) is 9.88 Å². The molecule has 20 heavy (non-hydrogen) atoms. The highest BCUT2D eigenvalue weighted by molar-refractivity contribution is 5.85. The Morgan fingerprint density at radius 2 is 1.95 bits per heavy atom. The maximum Gasteiger partial charge on any atom is 0.0750 e. The number of nitrogens with zero attached hydrogens (tertiary/aromatic N) is 1. The van der Waals surface area contributed by atoms with E-state index in [0.29, 0.717) is 0 Å². The summed E-state index contributed by atoms with van der Waals surface area (Å²) in [5.74, 6) is 0. The lowest BCUT2D eigenvalue weighted by Crippen LogP contribution is -2.37. The molecule has 0 aliphatic heterocycles. The van der Waals surface area contributed by atoms with E-state index >= 15 is 0 Å². The second kappa shape index (κ2) is 5.98. The average molecular weight is 274 g/mol. The molecule has 0 atom stereocenters. The van der Waals surface area contributed by atoms with Crippen LogP contribution in [0.4, 0.5) is 0 Å². The molecule has 110 valence electrons. The Bertz CT molecular complexity index is 545. The Labute approximate surface area is 121 Å². The smallest absolute Gasteiger partial charge is 0.0750 e. The summed E-state index contributed by atoms with van der Waals surface area (Å²) in [7, 11) is 2.14. The van der Waals surface area contributed by atoms with Crippen LogP contribution in [-0.4, -0.2) is 23.3 Å². The number of hydrogen-bond donors (Lipinski definition) is 1. The summed E-state index contributed by atoms with van der Waals surface area (Å²) in [6, 6.07) is 8.57. The molecular formula is C17H26N2O. The third-order valence-corrected chi connectivity index (χ3v) is 3.89. The van der Waals surface area contributed by atoms with Crippen LogP contribution in [0.15, 0.2) is 24.3 Å². The average Bonchev–Trinajstić information content (AvgIpc) is 2.64. The van der Waals surface area contributed by atoms with Gasteiger partial charge in [0.05, 0.1) is 5.60 Å². The first-order chi connectivity index (χ1) is 9.46. The molecule has 0 saturated carbocycles. The monoisotopic (exact) mass is 274 g/mol. The Morgan fingerprint density at radius 3 is 2.60 bits per heavy atom. The lowest BCUT2D eigenvalue weighted by molar-refractivity contribution is -0.00905. The minimum atomic E-state index is -0.118. The summed E-state index contributed by atoms with van der Waals surface area (Å²) >= 11 is 0. The van der Waals surface area contributed by atoms with Gasteiger partial charge in [0.15, 0.2) is 0 Å². The first-order valence-electron chi connectivity index (χ1n) is 7.34. The highest BCUT2D eigenvalue weighted by Gasteiger charge is 2.17. The van der Waals surface area contributed by atoms with Gasteiger partial charge in [-0.3, -0.25) is 0 Å². The van der Waals surface area contributed by atoms with Crippen LogP contribution in [0.1, 0.15) is 32.0 Å². The van der Waals surface area contributed by atoms with Crippen molar-refractivity contribution in [3.63, 3.8) is 0 Å². The van der Waals surface area contributed by atoms with Crippen molar-refractivity contribution >= 4 is 10.9 Å². The molecule has 0 fully saturated rings. The number of fused-ring (bicyclic) bond motifs is 1. The van der Waals surface area contributed by atoms with E-state index in [1.165, 1.54) is 22.2 Å². The number of hydrogen-bond acceptors (Lipinski definition) is 2. The van der Waals surface area contributed by atoms with Gasteiger partial charge in [0.2, 0.25) is 0 Å². The second-order valence-corrected chi connectivity index (χ2v) is 5.94. The van der Waals surface area contributed by atoms with Gasteiger partial charge in [-0.05, 0) is 39.3 Å². The zero-order chi connectivity index (χ0) is 14.8. The van der Waals surface area contributed by atoms with Crippen LogP contribution in [-0.2, 0) is 18.3 Å². The topological polar surface area (TPSA) is 26.2 Å². The summed E-state index contributed by atoms with van der Waals surface area (Å²) in [6.07, 6.45) is 0. The standard InChI is InChI=1S/C17H26N2O/c1-6-20-17(3,4)12-18-11-16-13(2)14-9-7-8-10-15(14)19(16)5/h7-10,18H,6,11-12H2,1-5H3. The molecule has 0 spiro atoms.